The molecule has 0 saturated heterocycles. The molecular formula is C20H17N3O3S. The van der Waals surface area contributed by atoms with Crippen LogP contribution in [0.4, 0.5) is 0 Å². The van der Waals surface area contributed by atoms with Crippen molar-refractivity contribution in [2.75, 3.05) is 0 Å². The van der Waals surface area contributed by atoms with E-state index in [0.29, 0.717) is 16.6 Å². The molecule has 136 valence electrons. The highest BCUT2D eigenvalue weighted by Gasteiger charge is 2.12. The Kier molecular flexibility index (Phi) is 5.48. The number of carbonyl (C=O) groups is 1. The van der Waals surface area contributed by atoms with Gasteiger partial charge in [0.05, 0.1) is 5.69 Å². The number of carbonyl (C=O) groups excluding carboxylic acids is 1. The number of rotatable bonds is 5. The van der Waals surface area contributed by atoms with Crippen LogP contribution in [0.3, 0.4) is 0 Å². The van der Waals surface area contributed by atoms with Crippen LogP contribution < -0.4 is 5.56 Å². The molecule has 27 heavy (non-hydrogen) atoms. The molecule has 2 heterocycles. The first-order valence-electron chi connectivity index (χ1n) is 8.32. The molecule has 0 aliphatic carbocycles. The Bertz CT molecular complexity index is 1100. The van der Waals surface area contributed by atoms with Gasteiger partial charge in [-0.05, 0) is 23.1 Å². The minimum Gasteiger partial charge on any atom is -0.455 e. The second-order valence-corrected chi connectivity index (χ2v) is 7.08. The van der Waals surface area contributed by atoms with E-state index in [0.717, 1.165) is 5.56 Å². The van der Waals surface area contributed by atoms with Gasteiger partial charge in [-0.25, -0.2) is 9.78 Å². The summed E-state index contributed by atoms with van der Waals surface area (Å²) < 4.78 is 6.57. The maximum atomic E-state index is 12.2. The number of benzene rings is 1. The van der Waals surface area contributed by atoms with Gasteiger partial charge in [0.15, 0.2) is 4.96 Å². The highest BCUT2D eigenvalue weighted by atomic mass is 32.1. The topological polar surface area (TPSA) is 84.5 Å². The average Bonchev–Trinajstić information content (AvgIpc) is 3.13. The zero-order valence-corrected chi connectivity index (χ0v) is 15.7. The van der Waals surface area contributed by atoms with Crippen LogP contribution in [-0.4, -0.2) is 15.4 Å². The van der Waals surface area contributed by atoms with Gasteiger partial charge >= 0.3 is 5.97 Å². The molecular weight excluding hydrogens is 362 g/mol. The van der Waals surface area contributed by atoms with E-state index in [2.05, 4.69) is 18.8 Å². The van der Waals surface area contributed by atoms with Gasteiger partial charge in [0.1, 0.15) is 18.2 Å². The third-order valence-electron chi connectivity index (χ3n) is 3.96. The van der Waals surface area contributed by atoms with E-state index in [1.165, 1.54) is 33.4 Å². The van der Waals surface area contributed by atoms with Crippen molar-refractivity contribution < 1.29 is 9.53 Å². The minimum atomic E-state index is -0.751. The van der Waals surface area contributed by atoms with Gasteiger partial charge in [0.2, 0.25) is 0 Å². The second kappa shape index (κ2) is 7.98. The Morgan fingerprint density at radius 3 is 2.78 bits per heavy atom. The summed E-state index contributed by atoms with van der Waals surface area (Å²) in [6, 6.07) is 10.8. The van der Waals surface area contributed by atoms with Crippen molar-refractivity contribution in [2.45, 2.75) is 26.4 Å². The van der Waals surface area contributed by atoms with Crippen molar-refractivity contribution >= 4 is 28.3 Å². The van der Waals surface area contributed by atoms with Crippen LogP contribution in [0, 0.1) is 11.3 Å². The third-order valence-corrected chi connectivity index (χ3v) is 4.72. The first-order chi connectivity index (χ1) is 13.0. The fourth-order valence-electron chi connectivity index (χ4n) is 2.46. The first kappa shape index (κ1) is 18.5. The lowest BCUT2D eigenvalue weighted by Crippen LogP contribution is -2.15. The summed E-state index contributed by atoms with van der Waals surface area (Å²) in [7, 11) is 0. The van der Waals surface area contributed by atoms with Gasteiger partial charge in [-0.15, -0.1) is 11.3 Å². The van der Waals surface area contributed by atoms with Crippen LogP contribution >= 0.6 is 11.3 Å². The molecule has 0 unspecified atom stereocenters. The Labute approximate surface area is 160 Å². The zero-order valence-electron chi connectivity index (χ0n) is 14.9. The first-order valence-corrected chi connectivity index (χ1v) is 9.20. The molecule has 1 aromatic carbocycles. The van der Waals surface area contributed by atoms with Crippen molar-refractivity contribution in [3.05, 3.63) is 74.7 Å². The van der Waals surface area contributed by atoms with Gasteiger partial charge < -0.3 is 4.74 Å². The van der Waals surface area contributed by atoms with Gasteiger partial charge in [0, 0.05) is 17.6 Å². The summed E-state index contributed by atoms with van der Waals surface area (Å²) in [5.41, 5.74) is 1.91. The molecule has 3 aromatic rings. The molecule has 0 radical (unpaired) electrons. The number of nitriles is 1. The number of hydrogen-bond donors (Lipinski definition) is 0. The second-order valence-electron chi connectivity index (χ2n) is 6.21. The fraction of sp³-hybridized carbons (Fsp3) is 0.200. The number of ether oxygens (including phenoxy) is 1. The molecule has 0 saturated carbocycles. The van der Waals surface area contributed by atoms with E-state index < -0.39 is 5.97 Å². The Morgan fingerprint density at radius 1 is 1.37 bits per heavy atom. The smallest absolute Gasteiger partial charge is 0.349 e. The van der Waals surface area contributed by atoms with E-state index in [1.807, 2.05) is 30.3 Å². The molecule has 0 aliphatic rings. The average molecular weight is 379 g/mol. The van der Waals surface area contributed by atoms with Crippen LogP contribution in [0.1, 0.15) is 36.6 Å². The number of aromatic nitrogens is 2. The molecule has 3 rings (SSSR count). The number of thiazole rings is 1. The summed E-state index contributed by atoms with van der Waals surface area (Å²) in [5, 5.41) is 11.0. The minimum absolute atomic E-state index is 0.110. The Hall–Kier alpha value is -3.24. The molecule has 0 atom stereocenters. The summed E-state index contributed by atoms with van der Waals surface area (Å²) >= 11 is 1.31. The monoisotopic (exact) mass is 379 g/mol. The molecule has 6 nitrogen and oxygen atoms in total. The van der Waals surface area contributed by atoms with Gasteiger partial charge in [-0.3, -0.25) is 9.20 Å². The fourth-order valence-corrected chi connectivity index (χ4v) is 3.20. The van der Waals surface area contributed by atoms with Crippen LogP contribution in [0.15, 0.2) is 52.3 Å². The van der Waals surface area contributed by atoms with Gasteiger partial charge in [-0.2, -0.15) is 5.26 Å². The lowest BCUT2D eigenvalue weighted by molar-refractivity contribution is -0.139. The normalized spacial score (nSPS) is 11.6. The highest BCUT2D eigenvalue weighted by molar-refractivity contribution is 7.15. The molecule has 0 amide bonds. The third kappa shape index (κ3) is 4.30. The van der Waals surface area contributed by atoms with Gasteiger partial charge in [-0.1, -0.05) is 38.1 Å². The van der Waals surface area contributed by atoms with Crippen molar-refractivity contribution in [3.63, 3.8) is 0 Å². The molecule has 0 spiro atoms. The number of fused-ring (bicyclic) bond motifs is 1. The molecule has 0 bridgehead atoms. The highest BCUT2D eigenvalue weighted by Crippen LogP contribution is 2.16. The van der Waals surface area contributed by atoms with Crippen molar-refractivity contribution in [1.82, 2.24) is 9.38 Å². The Morgan fingerprint density at radius 2 is 2.11 bits per heavy atom. The lowest BCUT2D eigenvalue weighted by Gasteiger charge is -2.06. The zero-order chi connectivity index (χ0) is 19.4. The standard InChI is InChI=1S/C20H17N3O3S/c1-13(2)15-5-3-14(4-6-15)9-16(11-21)19(25)26-12-17-10-18(24)23-7-8-27-20(23)22-17/h3-10,13H,12H2,1-2H3/b16-9+. The molecule has 7 heteroatoms. The van der Waals surface area contributed by atoms with Crippen LogP contribution in [0.2, 0.25) is 0 Å². The molecule has 0 fully saturated rings. The SMILES string of the molecule is CC(C)c1ccc(/C=C(\C#N)C(=O)OCc2cc(=O)n3ccsc3n2)cc1. The van der Waals surface area contributed by atoms with E-state index in [-0.39, 0.29) is 17.7 Å². The largest absolute Gasteiger partial charge is 0.455 e. The van der Waals surface area contributed by atoms with Crippen molar-refractivity contribution in [2.24, 2.45) is 0 Å². The van der Waals surface area contributed by atoms with E-state index in [1.54, 1.807) is 11.6 Å². The maximum absolute atomic E-state index is 12.2. The van der Waals surface area contributed by atoms with E-state index in [9.17, 15) is 14.9 Å². The van der Waals surface area contributed by atoms with Gasteiger partial charge in [0.25, 0.3) is 5.56 Å². The summed E-state index contributed by atoms with van der Waals surface area (Å²) in [6.45, 7) is 4.01. The summed E-state index contributed by atoms with van der Waals surface area (Å²) in [5.74, 6) is -0.348. The van der Waals surface area contributed by atoms with Crippen molar-refractivity contribution in [1.29, 1.82) is 5.26 Å². The number of hydrogen-bond acceptors (Lipinski definition) is 6. The van der Waals surface area contributed by atoms with Crippen molar-refractivity contribution in [3.8, 4) is 6.07 Å². The summed E-state index contributed by atoms with van der Waals surface area (Å²) in [6.07, 6.45) is 3.11. The number of esters is 1. The lowest BCUT2D eigenvalue weighted by atomic mass is 10.0. The molecule has 2 aromatic heterocycles. The van der Waals surface area contributed by atoms with E-state index >= 15 is 0 Å². The molecule has 0 aliphatic heterocycles. The van der Waals surface area contributed by atoms with Crippen LogP contribution in [-0.2, 0) is 16.1 Å². The summed E-state index contributed by atoms with van der Waals surface area (Å²) in [4.78, 5) is 28.9. The number of nitrogens with zero attached hydrogens (tertiary/aromatic N) is 3. The quantitative estimate of drug-likeness (QED) is 0.385. The predicted molar refractivity (Wildman–Crippen MR) is 103 cm³/mol. The van der Waals surface area contributed by atoms with E-state index in [4.69, 9.17) is 4.74 Å². The molecule has 0 N–H and O–H groups in total. The van der Waals surface area contributed by atoms with Crippen LogP contribution in [0.5, 0.6) is 0 Å². The predicted octanol–water partition coefficient (Wildman–Crippen LogP) is 3.53. The Balaban J connectivity index is 1.72. The van der Waals surface area contributed by atoms with Crippen LogP contribution in [0.25, 0.3) is 11.0 Å². The maximum Gasteiger partial charge on any atom is 0.349 e.